The summed E-state index contributed by atoms with van der Waals surface area (Å²) in [6, 6.07) is -1.56. The molecule has 4 N–H and O–H groups in total. The number of ether oxygens (including phenoxy) is 1. The van der Waals surface area contributed by atoms with Crippen LogP contribution in [0.5, 0.6) is 0 Å². The molecule has 0 aliphatic rings. The summed E-state index contributed by atoms with van der Waals surface area (Å²) in [5.74, 6) is -2.39. The maximum Gasteiger partial charge on any atom is 0.472 e. The van der Waals surface area contributed by atoms with Gasteiger partial charge in [-0.15, -0.1) is 0 Å². The van der Waals surface area contributed by atoms with Crippen LogP contribution in [-0.4, -0.2) is 64.9 Å². The van der Waals surface area contributed by atoms with Crippen molar-refractivity contribution in [1.29, 1.82) is 0 Å². The Hall–Kier alpha value is -2.82. The maximum absolute atomic E-state index is 12.4. The number of phosphoric acid groups is 1. The number of aliphatic hydroxyl groups is 1. The van der Waals surface area contributed by atoms with Gasteiger partial charge in [0.25, 0.3) is 0 Å². The number of hydrogen-bond acceptors (Lipinski definition) is 8. The summed E-state index contributed by atoms with van der Waals surface area (Å²) >= 11 is 0. The topological polar surface area (TPSA) is 169 Å². The highest BCUT2D eigenvalue weighted by Gasteiger charge is 2.28. The Morgan fingerprint density at radius 1 is 0.500 bits per heavy atom. The Morgan fingerprint density at radius 2 is 0.859 bits per heavy atom. The molecule has 0 aromatic heterocycles. The van der Waals surface area contributed by atoms with Crippen LogP contribution in [0.1, 0.15) is 219 Å². The number of hydrogen-bond donors (Lipinski definition) is 4. The molecule has 64 heavy (non-hydrogen) atoms. The minimum Gasteiger partial charge on any atom is -0.480 e. The van der Waals surface area contributed by atoms with Gasteiger partial charge in [-0.3, -0.25) is 18.6 Å². The Bertz CT molecular complexity index is 1310. The van der Waals surface area contributed by atoms with Crippen molar-refractivity contribution < 1.29 is 47.8 Å². The molecule has 0 aliphatic carbocycles. The van der Waals surface area contributed by atoms with Gasteiger partial charge >= 0.3 is 19.8 Å². The van der Waals surface area contributed by atoms with E-state index in [9.17, 15) is 34.1 Å². The van der Waals surface area contributed by atoms with Crippen LogP contribution >= 0.6 is 7.82 Å². The Balaban J connectivity index is 3.88. The predicted molar refractivity (Wildman–Crippen MR) is 263 cm³/mol. The van der Waals surface area contributed by atoms with E-state index in [2.05, 4.69) is 79.9 Å². The summed E-state index contributed by atoms with van der Waals surface area (Å²) in [5.41, 5.74) is 0. The number of carbonyl (C=O) groups excluding carboxylic acids is 2. The smallest absolute Gasteiger partial charge is 0.472 e. The van der Waals surface area contributed by atoms with Gasteiger partial charge in [0.1, 0.15) is 12.7 Å². The van der Waals surface area contributed by atoms with E-state index in [0.29, 0.717) is 12.8 Å². The standard InChI is InChI=1S/C52H92NO10P/c1-3-5-7-9-11-13-15-17-19-21-22-23-24-25-26-28-29-31-33-35-37-39-41-43-50(55)53-49(52(57)58)47-63-64(59,60)62-46-48(54)45-61-51(56)44-42-40-38-36-34-32-30-27-20-18-16-14-12-10-8-6-4-2/h11,13,17-20,22-23,25-26,48-49,54H,3-10,12,14-16,21,24,27-47H2,1-2H3,(H,53,55)(H,57,58)(H,59,60)/b13-11-,19-17-,20-18-,23-22-,26-25-. The van der Waals surface area contributed by atoms with Gasteiger partial charge in [0.05, 0.1) is 13.2 Å². The van der Waals surface area contributed by atoms with Gasteiger partial charge < -0.3 is 25.2 Å². The molecule has 3 unspecified atom stereocenters. The van der Waals surface area contributed by atoms with Crippen LogP contribution in [-0.2, 0) is 32.7 Å². The first-order chi connectivity index (χ1) is 31.1. The molecule has 12 heteroatoms. The van der Waals surface area contributed by atoms with E-state index < -0.39 is 57.6 Å². The molecule has 0 aliphatic heterocycles. The van der Waals surface area contributed by atoms with Gasteiger partial charge in [-0.2, -0.15) is 0 Å². The fourth-order valence-electron chi connectivity index (χ4n) is 6.82. The van der Waals surface area contributed by atoms with Gasteiger partial charge in [-0.1, -0.05) is 184 Å². The lowest BCUT2D eigenvalue weighted by atomic mass is 10.1. The molecule has 0 rings (SSSR count). The molecule has 370 valence electrons. The summed E-state index contributed by atoms with van der Waals surface area (Å²) < 4.78 is 26.9. The van der Waals surface area contributed by atoms with Crippen molar-refractivity contribution in [3.63, 3.8) is 0 Å². The number of aliphatic hydroxyl groups excluding tert-OH is 1. The lowest BCUT2D eigenvalue weighted by Gasteiger charge is -2.18. The van der Waals surface area contributed by atoms with Gasteiger partial charge in [-0.25, -0.2) is 9.36 Å². The number of allylic oxidation sites excluding steroid dienone is 10. The SMILES string of the molecule is CCCCC/C=C\C/C=C\C/C=C\C/C=C\CCCCCCCCCC(=O)NC(COP(=O)(O)OCC(O)COC(=O)CCCCCCCCC/C=C\CCCCCCCC)C(=O)O. The van der Waals surface area contributed by atoms with E-state index in [0.717, 1.165) is 89.9 Å². The Morgan fingerprint density at radius 3 is 1.33 bits per heavy atom. The molecular weight excluding hydrogens is 830 g/mol. The van der Waals surface area contributed by atoms with Crippen LogP contribution in [0.4, 0.5) is 0 Å². The minimum absolute atomic E-state index is 0.131. The van der Waals surface area contributed by atoms with Crippen molar-refractivity contribution in [3.8, 4) is 0 Å². The van der Waals surface area contributed by atoms with Gasteiger partial charge in [0, 0.05) is 12.8 Å². The van der Waals surface area contributed by atoms with Crippen molar-refractivity contribution in [2.75, 3.05) is 19.8 Å². The zero-order valence-electron chi connectivity index (χ0n) is 40.3. The highest BCUT2D eigenvalue weighted by molar-refractivity contribution is 7.47. The number of nitrogens with one attached hydrogen (secondary N) is 1. The number of carboxylic acid groups (broad SMARTS) is 1. The summed E-state index contributed by atoms with van der Waals surface area (Å²) in [4.78, 5) is 46.1. The molecule has 0 saturated carbocycles. The van der Waals surface area contributed by atoms with E-state index in [1.54, 1.807) is 0 Å². The summed E-state index contributed by atoms with van der Waals surface area (Å²) in [7, 11) is -4.77. The number of amides is 1. The molecule has 11 nitrogen and oxygen atoms in total. The van der Waals surface area contributed by atoms with Crippen LogP contribution < -0.4 is 5.32 Å². The van der Waals surface area contributed by atoms with E-state index in [1.165, 1.54) is 89.9 Å². The minimum atomic E-state index is -4.77. The number of carboxylic acids is 1. The molecular formula is C52H92NO10P. The van der Waals surface area contributed by atoms with Gasteiger partial charge in [-0.05, 0) is 83.5 Å². The second kappa shape index (κ2) is 46.7. The number of phosphoric ester groups is 1. The zero-order valence-corrected chi connectivity index (χ0v) is 41.2. The number of aliphatic carboxylic acids is 1. The number of carbonyl (C=O) groups is 3. The number of rotatable bonds is 47. The number of unbranched alkanes of at least 4 members (excludes halogenated alkanes) is 23. The van der Waals surface area contributed by atoms with Crippen molar-refractivity contribution >= 4 is 25.7 Å². The van der Waals surface area contributed by atoms with E-state index >= 15 is 0 Å². The molecule has 0 spiro atoms. The average molecular weight is 922 g/mol. The lowest BCUT2D eigenvalue weighted by molar-refractivity contribution is -0.147. The van der Waals surface area contributed by atoms with Crippen LogP contribution in [0.15, 0.2) is 60.8 Å². The highest BCUT2D eigenvalue weighted by atomic mass is 31.2. The molecule has 0 radical (unpaired) electrons. The van der Waals surface area contributed by atoms with E-state index in [-0.39, 0.29) is 12.8 Å². The monoisotopic (exact) mass is 922 g/mol. The molecule has 3 atom stereocenters. The molecule has 0 aromatic rings. The fourth-order valence-corrected chi connectivity index (χ4v) is 7.60. The summed E-state index contributed by atoms with van der Waals surface area (Å²) in [6.45, 7) is 2.57. The zero-order chi connectivity index (χ0) is 47.0. The van der Waals surface area contributed by atoms with Crippen LogP contribution in [0.2, 0.25) is 0 Å². The van der Waals surface area contributed by atoms with Crippen molar-refractivity contribution in [3.05, 3.63) is 60.8 Å². The third kappa shape index (κ3) is 45.7. The Labute approximate surface area is 389 Å². The van der Waals surface area contributed by atoms with E-state index in [4.69, 9.17) is 13.8 Å². The quantitative estimate of drug-likeness (QED) is 0.0199. The van der Waals surface area contributed by atoms with Crippen molar-refractivity contribution in [1.82, 2.24) is 5.32 Å². The molecule has 0 aromatic carbocycles. The Kier molecular flexibility index (Phi) is 44.6. The fraction of sp³-hybridized carbons (Fsp3) is 0.750. The normalized spacial score (nSPS) is 14.1. The molecule has 0 bridgehead atoms. The van der Waals surface area contributed by atoms with Gasteiger partial charge in [0.2, 0.25) is 5.91 Å². The third-order valence-electron chi connectivity index (χ3n) is 10.8. The van der Waals surface area contributed by atoms with Crippen LogP contribution in [0.3, 0.4) is 0 Å². The predicted octanol–water partition coefficient (Wildman–Crippen LogP) is 13.9. The largest absolute Gasteiger partial charge is 0.480 e. The second-order valence-electron chi connectivity index (χ2n) is 17.0. The summed E-state index contributed by atoms with van der Waals surface area (Å²) in [6.07, 6.45) is 55.2. The maximum atomic E-state index is 12.4. The number of esters is 1. The molecule has 0 fully saturated rings. The first kappa shape index (κ1) is 61.2. The second-order valence-corrected chi connectivity index (χ2v) is 18.5. The molecule has 0 heterocycles. The van der Waals surface area contributed by atoms with Crippen LogP contribution in [0, 0.1) is 0 Å². The summed E-state index contributed by atoms with van der Waals surface area (Å²) in [5, 5.41) is 21.9. The average Bonchev–Trinajstić information content (AvgIpc) is 3.27. The molecule has 0 saturated heterocycles. The van der Waals surface area contributed by atoms with Crippen molar-refractivity contribution in [2.45, 2.75) is 231 Å². The van der Waals surface area contributed by atoms with Gasteiger partial charge in [0.15, 0.2) is 6.04 Å². The third-order valence-corrected chi connectivity index (χ3v) is 11.7. The lowest BCUT2D eigenvalue weighted by Crippen LogP contribution is -2.43. The first-order valence-corrected chi connectivity index (χ1v) is 26.8. The van der Waals surface area contributed by atoms with E-state index in [1.807, 2.05) is 0 Å². The first-order valence-electron chi connectivity index (χ1n) is 25.3. The highest BCUT2D eigenvalue weighted by Crippen LogP contribution is 2.43. The van der Waals surface area contributed by atoms with Crippen LogP contribution in [0.25, 0.3) is 0 Å². The molecule has 1 amide bonds. The van der Waals surface area contributed by atoms with Crippen molar-refractivity contribution in [2.24, 2.45) is 0 Å².